The van der Waals surface area contributed by atoms with Crippen LogP contribution in [0.3, 0.4) is 0 Å². The Labute approximate surface area is 129 Å². The Morgan fingerprint density at radius 3 is 2.82 bits per heavy atom. The van der Waals surface area contributed by atoms with Gasteiger partial charge in [-0.3, -0.25) is 4.57 Å². The van der Waals surface area contributed by atoms with Gasteiger partial charge in [0.05, 0.1) is 5.69 Å². The van der Waals surface area contributed by atoms with Crippen LogP contribution in [-0.2, 0) is 12.6 Å². The molecule has 1 atom stereocenters. The molecule has 2 aromatic heterocycles. The van der Waals surface area contributed by atoms with E-state index in [9.17, 15) is 5.11 Å². The summed E-state index contributed by atoms with van der Waals surface area (Å²) in [7, 11) is 4.12. The van der Waals surface area contributed by atoms with Crippen molar-refractivity contribution < 1.29 is 5.11 Å². The monoisotopic (exact) mass is 299 g/mol. The van der Waals surface area contributed by atoms with Gasteiger partial charge in [0.2, 0.25) is 0 Å². The molecule has 4 rings (SSSR count). The molecule has 4 heterocycles. The topological polar surface area (TPSA) is 59.1 Å². The molecule has 1 fully saturated rings. The SMILES string of the molecule is CN1CCC(C2(O)c3c(ccn3C)C=Cn3cnnc32)CC1. The van der Waals surface area contributed by atoms with Crippen molar-refractivity contribution in [1.29, 1.82) is 0 Å². The second-order valence-electron chi connectivity index (χ2n) is 6.45. The minimum absolute atomic E-state index is 0.138. The predicted octanol–water partition coefficient (Wildman–Crippen LogP) is 1.14. The molecule has 0 bridgehead atoms. The van der Waals surface area contributed by atoms with E-state index in [4.69, 9.17) is 0 Å². The van der Waals surface area contributed by atoms with Crippen LogP contribution in [-0.4, -0.2) is 49.5 Å². The Morgan fingerprint density at radius 2 is 2.05 bits per heavy atom. The molecule has 2 aliphatic heterocycles. The largest absolute Gasteiger partial charge is 0.375 e. The summed E-state index contributed by atoms with van der Waals surface area (Å²) in [6, 6.07) is 2.05. The molecule has 22 heavy (non-hydrogen) atoms. The van der Waals surface area contributed by atoms with Crippen molar-refractivity contribution in [3.05, 3.63) is 35.7 Å². The van der Waals surface area contributed by atoms with Crippen molar-refractivity contribution in [2.24, 2.45) is 13.0 Å². The minimum atomic E-state index is -1.10. The van der Waals surface area contributed by atoms with Crippen LogP contribution in [0.1, 0.15) is 29.9 Å². The van der Waals surface area contributed by atoms with Crippen molar-refractivity contribution in [2.45, 2.75) is 18.4 Å². The smallest absolute Gasteiger partial charge is 0.175 e. The first-order chi connectivity index (χ1) is 10.6. The maximum atomic E-state index is 11.8. The fourth-order valence-corrected chi connectivity index (χ4v) is 3.87. The first-order valence-electron chi connectivity index (χ1n) is 7.75. The van der Waals surface area contributed by atoms with E-state index in [1.165, 1.54) is 0 Å². The van der Waals surface area contributed by atoms with Crippen molar-refractivity contribution in [2.75, 3.05) is 20.1 Å². The number of rotatable bonds is 1. The summed E-state index contributed by atoms with van der Waals surface area (Å²) in [6.07, 6.45) is 9.52. The Bertz CT molecular complexity index is 723. The maximum Gasteiger partial charge on any atom is 0.175 e. The molecule has 0 radical (unpaired) electrons. The van der Waals surface area contributed by atoms with Gasteiger partial charge in [-0.15, -0.1) is 10.2 Å². The van der Waals surface area contributed by atoms with Crippen LogP contribution in [0.4, 0.5) is 0 Å². The van der Waals surface area contributed by atoms with Gasteiger partial charge in [0.25, 0.3) is 0 Å². The van der Waals surface area contributed by atoms with Gasteiger partial charge >= 0.3 is 0 Å². The van der Waals surface area contributed by atoms with Gasteiger partial charge in [0.1, 0.15) is 6.33 Å². The third-order valence-corrected chi connectivity index (χ3v) is 5.10. The maximum absolute atomic E-state index is 11.8. The van der Waals surface area contributed by atoms with E-state index in [-0.39, 0.29) is 5.92 Å². The molecule has 0 aliphatic carbocycles. The van der Waals surface area contributed by atoms with Gasteiger partial charge in [-0.25, -0.2) is 0 Å². The van der Waals surface area contributed by atoms with Crippen molar-refractivity contribution in [1.82, 2.24) is 24.2 Å². The highest BCUT2D eigenvalue weighted by Crippen LogP contribution is 2.44. The molecule has 1 saturated heterocycles. The number of fused-ring (bicyclic) bond motifs is 2. The molecule has 1 unspecified atom stereocenters. The third kappa shape index (κ3) is 1.80. The Kier molecular flexibility index (Phi) is 2.99. The van der Waals surface area contributed by atoms with Gasteiger partial charge in [-0.2, -0.15) is 0 Å². The van der Waals surface area contributed by atoms with Crippen LogP contribution < -0.4 is 0 Å². The molecule has 2 aromatic rings. The molecule has 0 amide bonds. The summed E-state index contributed by atoms with van der Waals surface area (Å²) in [5.74, 6) is 0.762. The fraction of sp³-hybridized carbons (Fsp3) is 0.500. The van der Waals surface area contributed by atoms with Crippen LogP contribution in [0.15, 0.2) is 18.6 Å². The van der Waals surface area contributed by atoms with E-state index in [1.54, 1.807) is 6.33 Å². The molecule has 6 nitrogen and oxygen atoms in total. The van der Waals surface area contributed by atoms with E-state index in [0.717, 1.165) is 37.2 Å². The quantitative estimate of drug-likeness (QED) is 0.858. The van der Waals surface area contributed by atoms with E-state index in [1.807, 2.05) is 40.7 Å². The zero-order chi connectivity index (χ0) is 15.3. The number of nitrogens with zero attached hydrogens (tertiary/aromatic N) is 5. The zero-order valence-electron chi connectivity index (χ0n) is 13.0. The summed E-state index contributed by atoms with van der Waals surface area (Å²) in [4.78, 5) is 2.31. The van der Waals surface area contributed by atoms with Crippen LogP contribution in [0, 0.1) is 5.92 Å². The van der Waals surface area contributed by atoms with E-state index >= 15 is 0 Å². The van der Waals surface area contributed by atoms with Crippen LogP contribution in [0.25, 0.3) is 12.3 Å². The number of piperidine rings is 1. The third-order valence-electron chi connectivity index (χ3n) is 5.10. The zero-order valence-corrected chi connectivity index (χ0v) is 13.0. The fourth-order valence-electron chi connectivity index (χ4n) is 3.87. The molecule has 0 spiro atoms. The predicted molar refractivity (Wildman–Crippen MR) is 83.9 cm³/mol. The second-order valence-corrected chi connectivity index (χ2v) is 6.45. The minimum Gasteiger partial charge on any atom is -0.375 e. The van der Waals surface area contributed by atoms with Crippen molar-refractivity contribution in [3.63, 3.8) is 0 Å². The summed E-state index contributed by atoms with van der Waals surface area (Å²) < 4.78 is 3.86. The molecular formula is C16H21N5O. The van der Waals surface area contributed by atoms with E-state index in [0.29, 0.717) is 5.82 Å². The molecule has 116 valence electrons. The summed E-state index contributed by atoms with van der Waals surface area (Å²) in [5.41, 5.74) is 0.869. The number of aryl methyl sites for hydroxylation is 1. The molecule has 0 saturated carbocycles. The lowest BCUT2D eigenvalue weighted by Gasteiger charge is -2.40. The van der Waals surface area contributed by atoms with Gasteiger partial charge in [0, 0.05) is 30.9 Å². The summed E-state index contributed by atoms with van der Waals surface area (Å²) in [6.45, 7) is 1.99. The molecule has 6 heteroatoms. The average molecular weight is 299 g/mol. The number of hydrogen-bond acceptors (Lipinski definition) is 4. The van der Waals surface area contributed by atoms with Crippen LogP contribution in [0.2, 0.25) is 0 Å². The first kappa shape index (κ1) is 13.7. The Morgan fingerprint density at radius 1 is 1.27 bits per heavy atom. The Balaban J connectivity index is 1.90. The average Bonchev–Trinajstić information content (AvgIpc) is 3.10. The molecule has 1 N–H and O–H groups in total. The standard InChI is InChI=1S/C16H21N5O/c1-19-7-5-13(6-8-19)16(22)14-12(3-9-20(14)2)4-10-21-11-17-18-15(16)21/h3-4,9-11,13,22H,5-8H2,1-2H3. The molecule has 0 aromatic carbocycles. The van der Waals surface area contributed by atoms with Crippen LogP contribution in [0.5, 0.6) is 0 Å². The number of likely N-dealkylation sites (tertiary alicyclic amines) is 1. The highest BCUT2D eigenvalue weighted by atomic mass is 16.3. The summed E-state index contributed by atoms with van der Waals surface area (Å²) in [5, 5.41) is 20.1. The van der Waals surface area contributed by atoms with Gasteiger partial charge in [-0.05, 0) is 45.1 Å². The van der Waals surface area contributed by atoms with Gasteiger partial charge in [0.15, 0.2) is 11.4 Å². The lowest BCUT2D eigenvalue weighted by Crippen LogP contribution is -2.45. The highest BCUT2D eigenvalue weighted by molar-refractivity contribution is 5.66. The Hall–Kier alpha value is -1.92. The molecule has 2 aliphatic rings. The second kappa shape index (κ2) is 4.79. The van der Waals surface area contributed by atoms with Crippen LogP contribution >= 0.6 is 0 Å². The van der Waals surface area contributed by atoms with Crippen molar-refractivity contribution in [3.8, 4) is 0 Å². The lowest BCUT2D eigenvalue weighted by molar-refractivity contribution is -0.0242. The van der Waals surface area contributed by atoms with E-state index in [2.05, 4.69) is 22.1 Å². The first-order valence-corrected chi connectivity index (χ1v) is 7.75. The number of aromatic nitrogens is 4. The van der Waals surface area contributed by atoms with Gasteiger partial charge in [-0.1, -0.05) is 0 Å². The lowest BCUT2D eigenvalue weighted by atomic mass is 9.76. The van der Waals surface area contributed by atoms with Gasteiger partial charge < -0.3 is 14.6 Å². The number of hydrogen-bond donors (Lipinski definition) is 1. The highest BCUT2D eigenvalue weighted by Gasteiger charge is 2.48. The normalized spacial score (nSPS) is 25.8. The summed E-state index contributed by atoms with van der Waals surface area (Å²) >= 11 is 0. The van der Waals surface area contributed by atoms with Crippen molar-refractivity contribution >= 4 is 12.3 Å². The van der Waals surface area contributed by atoms with E-state index < -0.39 is 5.60 Å². The number of aliphatic hydroxyl groups is 1. The molecular weight excluding hydrogens is 278 g/mol.